The van der Waals surface area contributed by atoms with E-state index in [9.17, 15) is 4.79 Å². The standard InChI is InChI=1S/C14H24N4O.ClH/c1-10-11(2)17-18(3)14(10)16-13(19)5-4-12-6-8-15-9-7-12;/h12,15H,4-9H2,1-3H3,(H,16,19);1H. The molecule has 1 saturated heterocycles. The van der Waals surface area contributed by atoms with Crippen molar-refractivity contribution in [3.8, 4) is 0 Å². The van der Waals surface area contributed by atoms with Crippen molar-refractivity contribution in [2.45, 2.75) is 39.5 Å². The highest BCUT2D eigenvalue weighted by molar-refractivity contribution is 5.90. The molecule has 114 valence electrons. The predicted octanol–water partition coefficient (Wildman–Crippen LogP) is 2.18. The number of hydrogen-bond acceptors (Lipinski definition) is 3. The normalized spacial score (nSPS) is 15.8. The third-order valence-corrected chi connectivity index (χ3v) is 4.02. The van der Waals surface area contributed by atoms with E-state index in [2.05, 4.69) is 15.7 Å². The van der Waals surface area contributed by atoms with Gasteiger partial charge in [-0.05, 0) is 52.1 Å². The van der Waals surface area contributed by atoms with E-state index >= 15 is 0 Å². The van der Waals surface area contributed by atoms with Gasteiger partial charge in [0.05, 0.1) is 5.69 Å². The summed E-state index contributed by atoms with van der Waals surface area (Å²) >= 11 is 0. The Kier molecular flexibility index (Phi) is 6.49. The lowest BCUT2D eigenvalue weighted by Crippen LogP contribution is -2.28. The van der Waals surface area contributed by atoms with Crippen molar-refractivity contribution in [1.29, 1.82) is 0 Å². The minimum Gasteiger partial charge on any atom is -0.317 e. The van der Waals surface area contributed by atoms with Crippen LogP contribution in [-0.4, -0.2) is 28.8 Å². The topological polar surface area (TPSA) is 59.0 Å². The summed E-state index contributed by atoms with van der Waals surface area (Å²) in [5.41, 5.74) is 2.02. The van der Waals surface area contributed by atoms with Crippen LogP contribution in [0.25, 0.3) is 0 Å². The molecule has 1 aliphatic rings. The van der Waals surface area contributed by atoms with Gasteiger partial charge in [0.25, 0.3) is 0 Å². The van der Waals surface area contributed by atoms with Gasteiger partial charge in [-0.2, -0.15) is 5.10 Å². The first kappa shape index (κ1) is 17.0. The average Bonchev–Trinajstić information content (AvgIpc) is 2.64. The van der Waals surface area contributed by atoms with Crippen LogP contribution in [0, 0.1) is 19.8 Å². The summed E-state index contributed by atoms with van der Waals surface area (Å²) in [6, 6.07) is 0. The Morgan fingerprint density at radius 1 is 1.40 bits per heavy atom. The van der Waals surface area contributed by atoms with Crippen molar-refractivity contribution in [1.82, 2.24) is 15.1 Å². The molecule has 20 heavy (non-hydrogen) atoms. The summed E-state index contributed by atoms with van der Waals surface area (Å²) in [6.45, 7) is 6.13. The average molecular weight is 301 g/mol. The number of nitrogens with zero attached hydrogens (tertiary/aromatic N) is 2. The maximum absolute atomic E-state index is 12.0. The summed E-state index contributed by atoms with van der Waals surface area (Å²) in [7, 11) is 1.86. The molecule has 5 nitrogen and oxygen atoms in total. The number of anilines is 1. The zero-order valence-electron chi connectivity index (χ0n) is 12.5. The van der Waals surface area contributed by atoms with E-state index < -0.39 is 0 Å². The van der Waals surface area contributed by atoms with Crippen LogP contribution < -0.4 is 10.6 Å². The van der Waals surface area contributed by atoms with E-state index in [4.69, 9.17) is 0 Å². The molecule has 1 aromatic heterocycles. The molecule has 0 atom stereocenters. The van der Waals surface area contributed by atoms with E-state index in [-0.39, 0.29) is 18.3 Å². The highest BCUT2D eigenvalue weighted by Crippen LogP contribution is 2.20. The fraction of sp³-hybridized carbons (Fsp3) is 0.714. The third kappa shape index (κ3) is 4.21. The fourth-order valence-corrected chi connectivity index (χ4v) is 2.64. The van der Waals surface area contributed by atoms with Crippen LogP contribution in [0.2, 0.25) is 0 Å². The second kappa shape index (κ2) is 7.64. The van der Waals surface area contributed by atoms with Crippen LogP contribution in [0.4, 0.5) is 5.82 Å². The maximum atomic E-state index is 12.0. The van der Waals surface area contributed by atoms with E-state index in [1.54, 1.807) is 4.68 Å². The van der Waals surface area contributed by atoms with E-state index in [0.29, 0.717) is 12.3 Å². The number of amides is 1. The monoisotopic (exact) mass is 300 g/mol. The van der Waals surface area contributed by atoms with Gasteiger partial charge in [-0.25, -0.2) is 0 Å². The van der Waals surface area contributed by atoms with E-state index in [0.717, 1.165) is 36.6 Å². The Balaban J connectivity index is 0.00000200. The number of carbonyl (C=O) groups excluding carboxylic acids is 1. The third-order valence-electron chi connectivity index (χ3n) is 4.02. The second-order valence-corrected chi connectivity index (χ2v) is 5.46. The van der Waals surface area contributed by atoms with Crippen molar-refractivity contribution >= 4 is 24.1 Å². The molecule has 1 fully saturated rings. The van der Waals surface area contributed by atoms with Crippen LogP contribution in [0.3, 0.4) is 0 Å². The molecule has 1 aliphatic heterocycles. The van der Waals surface area contributed by atoms with Crippen molar-refractivity contribution in [2.24, 2.45) is 13.0 Å². The largest absolute Gasteiger partial charge is 0.317 e. The molecule has 0 aromatic carbocycles. The fourth-order valence-electron chi connectivity index (χ4n) is 2.64. The summed E-state index contributed by atoms with van der Waals surface area (Å²) < 4.78 is 1.74. The van der Waals surface area contributed by atoms with E-state index in [1.807, 2.05) is 20.9 Å². The van der Waals surface area contributed by atoms with Crippen LogP contribution in [0.15, 0.2) is 0 Å². The first-order valence-corrected chi connectivity index (χ1v) is 7.08. The minimum absolute atomic E-state index is 0. The summed E-state index contributed by atoms with van der Waals surface area (Å²) in [5, 5.41) is 10.6. The highest BCUT2D eigenvalue weighted by atomic mass is 35.5. The first-order valence-electron chi connectivity index (χ1n) is 7.08. The molecule has 0 bridgehead atoms. The van der Waals surface area contributed by atoms with Gasteiger partial charge in [-0.3, -0.25) is 9.48 Å². The highest BCUT2D eigenvalue weighted by Gasteiger charge is 2.16. The molecule has 1 aromatic rings. The molecule has 0 saturated carbocycles. The first-order chi connectivity index (χ1) is 9.08. The van der Waals surface area contributed by atoms with Crippen LogP contribution >= 0.6 is 12.4 Å². The van der Waals surface area contributed by atoms with Crippen molar-refractivity contribution in [2.75, 3.05) is 18.4 Å². The quantitative estimate of drug-likeness (QED) is 0.896. The van der Waals surface area contributed by atoms with Gasteiger partial charge in [-0.1, -0.05) is 0 Å². The minimum atomic E-state index is 0. The van der Waals surface area contributed by atoms with Crippen LogP contribution in [0.5, 0.6) is 0 Å². The Bertz CT molecular complexity index is 452. The molecule has 2 N–H and O–H groups in total. The Morgan fingerprint density at radius 3 is 2.60 bits per heavy atom. The van der Waals surface area contributed by atoms with Crippen molar-refractivity contribution in [3.63, 3.8) is 0 Å². The molecule has 2 rings (SSSR count). The zero-order valence-corrected chi connectivity index (χ0v) is 13.3. The predicted molar refractivity (Wildman–Crippen MR) is 83.4 cm³/mol. The number of piperidine rings is 1. The molecule has 0 radical (unpaired) electrons. The van der Waals surface area contributed by atoms with Crippen molar-refractivity contribution < 1.29 is 4.79 Å². The van der Waals surface area contributed by atoms with Gasteiger partial charge in [0.1, 0.15) is 5.82 Å². The molecule has 0 aliphatic carbocycles. The molecule has 2 heterocycles. The Labute approximate surface area is 126 Å². The lowest BCUT2D eigenvalue weighted by molar-refractivity contribution is -0.116. The molecule has 6 heteroatoms. The number of nitrogens with one attached hydrogen (secondary N) is 2. The SMILES string of the molecule is Cc1nn(C)c(NC(=O)CCC2CCNCC2)c1C.Cl. The summed E-state index contributed by atoms with van der Waals surface area (Å²) in [4.78, 5) is 12.0. The maximum Gasteiger partial charge on any atom is 0.225 e. The number of aryl methyl sites for hydroxylation is 2. The Morgan fingerprint density at radius 2 is 2.05 bits per heavy atom. The number of rotatable bonds is 4. The number of halogens is 1. The van der Waals surface area contributed by atoms with E-state index in [1.165, 1.54) is 12.8 Å². The van der Waals surface area contributed by atoms with Gasteiger partial charge in [0, 0.05) is 19.0 Å². The molecule has 0 spiro atoms. The Hall–Kier alpha value is -1.07. The molecular formula is C14H25ClN4O. The van der Waals surface area contributed by atoms with Gasteiger partial charge in [0.15, 0.2) is 0 Å². The summed E-state index contributed by atoms with van der Waals surface area (Å²) in [6.07, 6.45) is 3.98. The number of hydrogen-bond donors (Lipinski definition) is 2. The van der Waals surface area contributed by atoms with Gasteiger partial charge in [-0.15, -0.1) is 12.4 Å². The van der Waals surface area contributed by atoms with Gasteiger partial charge >= 0.3 is 0 Å². The smallest absolute Gasteiger partial charge is 0.225 e. The van der Waals surface area contributed by atoms with Crippen LogP contribution in [-0.2, 0) is 11.8 Å². The van der Waals surface area contributed by atoms with Crippen LogP contribution in [0.1, 0.15) is 36.9 Å². The number of aromatic nitrogens is 2. The number of carbonyl (C=O) groups is 1. The second-order valence-electron chi connectivity index (χ2n) is 5.46. The molecule has 0 unspecified atom stereocenters. The van der Waals surface area contributed by atoms with Gasteiger partial charge < -0.3 is 10.6 Å². The lowest BCUT2D eigenvalue weighted by atomic mass is 9.93. The zero-order chi connectivity index (χ0) is 13.8. The summed E-state index contributed by atoms with van der Waals surface area (Å²) in [5.74, 6) is 1.62. The lowest BCUT2D eigenvalue weighted by Gasteiger charge is -2.22. The van der Waals surface area contributed by atoms with Gasteiger partial charge in [0.2, 0.25) is 5.91 Å². The molecule has 1 amide bonds. The van der Waals surface area contributed by atoms with Crippen molar-refractivity contribution in [3.05, 3.63) is 11.3 Å². The molecular weight excluding hydrogens is 276 g/mol.